The summed E-state index contributed by atoms with van der Waals surface area (Å²) in [6, 6.07) is 10.1. The van der Waals surface area contributed by atoms with E-state index in [1.807, 2.05) is 6.07 Å². The van der Waals surface area contributed by atoms with Gasteiger partial charge >= 0.3 is 0 Å². The number of rotatable bonds is 2. The van der Waals surface area contributed by atoms with Crippen molar-refractivity contribution in [1.82, 2.24) is 4.98 Å². The molecule has 5 heteroatoms. The highest BCUT2D eigenvalue weighted by molar-refractivity contribution is 6.41. The van der Waals surface area contributed by atoms with Crippen molar-refractivity contribution in [3.63, 3.8) is 0 Å². The largest absolute Gasteiger partial charge is 0.288 e. The fourth-order valence-electron chi connectivity index (χ4n) is 1.39. The van der Waals surface area contributed by atoms with Crippen LogP contribution < -0.4 is 0 Å². The van der Waals surface area contributed by atoms with Crippen molar-refractivity contribution in [1.29, 1.82) is 0 Å². The van der Waals surface area contributed by atoms with Crippen LogP contribution in [0.25, 0.3) is 0 Å². The molecule has 0 aliphatic rings. The van der Waals surface area contributed by atoms with Crippen LogP contribution in [0.5, 0.6) is 0 Å². The molecule has 2 aromatic rings. The predicted molar refractivity (Wildman–Crippen MR) is 69.1 cm³/mol. The van der Waals surface area contributed by atoms with Crippen molar-refractivity contribution in [2.75, 3.05) is 0 Å². The first-order chi connectivity index (χ1) is 8.09. The van der Waals surface area contributed by atoms with E-state index in [9.17, 15) is 4.79 Å². The molecule has 0 aliphatic carbocycles. The molecule has 0 fully saturated rings. The van der Waals surface area contributed by atoms with Gasteiger partial charge in [0.2, 0.25) is 0 Å². The lowest BCUT2D eigenvalue weighted by Crippen LogP contribution is -2.04. The van der Waals surface area contributed by atoms with Crippen molar-refractivity contribution in [2.45, 2.75) is 0 Å². The number of hydrogen-bond acceptors (Lipinski definition) is 2. The van der Waals surface area contributed by atoms with E-state index >= 15 is 0 Å². The molecule has 1 aromatic carbocycles. The first-order valence-electron chi connectivity index (χ1n) is 4.71. The van der Waals surface area contributed by atoms with Gasteiger partial charge in [-0.1, -0.05) is 65.1 Å². The molecule has 17 heavy (non-hydrogen) atoms. The van der Waals surface area contributed by atoms with E-state index in [1.54, 1.807) is 24.3 Å². The Hall–Kier alpha value is -1.09. The molecule has 1 heterocycles. The second-order valence-corrected chi connectivity index (χ2v) is 4.44. The van der Waals surface area contributed by atoms with E-state index in [0.717, 1.165) is 0 Å². The highest BCUT2D eigenvalue weighted by Gasteiger charge is 2.18. The Balaban J connectivity index is 2.52. The van der Waals surface area contributed by atoms with Gasteiger partial charge in [-0.25, -0.2) is 4.98 Å². The van der Waals surface area contributed by atoms with E-state index < -0.39 is 0 Å². The maximum atomic E-state index is 12.1. The normalized spacial score (nSPS) is 10.3. The molecule has 0 saturated heterocycles. The summed E-state index contributed by atoms with van der Waals surface area (Å²) in [5.74, 6) is -0.273. The molecule has 0 spiro atoms. The summed E-state index contributed by atoms with van der Waals surface area (Å²) in [5, 5.41) is 0.366. The minimum Gasteiger partial charge on any atom is -0.288 e. The van der Waals surface area contributed by atoms with E-state index in [1.165, 1.54) is 6.07 Å². The SMILES string of the molecule is O=C(c1ccccc1)c1c(Cl)cc(Cl)nc1Cl. The number of pyridine rings is 1. The summed E-state index contributed by atoms with van der Waals surface area (Å²) < 4.78 is 0. The van der Waals surface area contributed by atoms with Crippen LogP contribution in [0, 0.1) is 0 Å². The van der Waals surface area contributed by atoms with Crippen LogP contribution in [0.15, 0.2) is 36.4 Å². The van der Waals surface area contributed by atoms with Crippen LogP contribution in [0.4, 0.5) is 0 Å². The van der Waals surface area contributed by atoms with Crippen molar-refractivity contribution < 1.29 is 4.79 Å². The van der Waals surface area contributed by atoms with Crippen LogP contribution in [-0.2, 0) is 0 Å². The summed E-state index contributed by atoms with van der Waals surface area (Å²) >= 11 is 17.5. The highest BCUT2D eigenvalue weighted by atomic mass is 35.5. The Bertz CT molecular complexity index is 546. The molecule has 0 radical (unpaired) electrons. The Morgan fingerprint density at radius 2 is 1.71 bits per heavy atom. The lowest BCUT2D eigenvalue weighted by molar-refractivity contribution is 0.103. The van der Waals surface area contributed by atoms with Crippen LogP contribution >= 0.6 is 34.8 Å². The Kier molecular flexibility index (Phi) is 3.67. The fraction of sp³-hybridized carbons (Fsp3) is 0. The second-order valence-electron chi connectivity index (χ2n) is 3.29. The number of nitrogens with zero attached hydrogens (tertiary/aromatic N) is 1. The predicted octanol–water partition coefficient (Wildman–Crippen LogP) is 4.27. The fourth-order valence-corrected chi connectivity index (χ4v) is 2.29. The molecule has 0 atom stereocenters. The summed E-state index contributed by atoms with van der Waals surface area (Å²) in [5.41, 5.74) is 0.671. The van der Waals surface area contributed by atoms with Gasteiger partial charge in [0, 0.05) is 5.56 Å². The molecule has 0 amide bonds. The quantitative estimate of drug-likeness (QED) is 0.609. The zero-order valence-electron chi connectivity index (χ0n) is 8.45. The van der Waals surface area contributed by atoms with Gasteiger partial charge in [-0.3, -0.25) is 4.79 Å². The van der Waals surface area contributed by atoms with Gasteiger partial charge in [-0.05, 0) is 6.07 Å². The number of carbonyl (C=O) groups is 1. The molecule has 0 bridgehead atoms. The monoisotopic (exact) mass is 285 g/mol. The molecular weight excluding hydrogens is 280 g/mol. The van der Waals surface area contributed by atoms with E-state index in [2.05, 4.69) is 4.98 Å². The molecule has 2 rings (SSSR count). The third kappa shape index (κ3) is 2.60. The van der Waals surface area contributed by atoms with Crippen molar-refractivity contribution >= 4 is 40.6 Å². The van der Waals surface area contributed by atoms with Gasteiger partial charge in [0.1, 0.15) is 10.3 Å². The second kappa shape index (κ2) is 5.05. The summed E-state index contributed by atoms with van der Waals surface area (Å²) in [6.07, 6.45) is 0. The molecule has 86 valence electrons. The molecule has 0 aliphatic heterocycles. The van der Waals surface area contributed by atoms with Crippen LogP contribution in [0.1, 0.15) is 15.9 Å². The average molecular weight is 287 g/mol. The molecule has 1 aromatic heterocycles. The Morgan fingerprint density at radius 1 is 1.06 bits per heavy atom. The lowest BCUT2D eigenvalue weighted by Gasteiger charge is -2.05. The number of hydrogen-bond donors (Lipinski definition) is 0. The molecule has 2 nitrogen and oxygen atoms in total. The smallest absolute Gasteiger partial charge is 0.197 e. The van der Waals surface area contributed by atoms with Gasteiger partial charge < -0.3 is 0 Å². The first kappa shape index (κ1) is 12.4. The summed E-state index contributed by atoms with van der Waals surface area (Å²) in [6.45, 7) is 0. The zero-order valence-corrected chi connectivity index (χ0v) is 10.7. The number of halogens is 3. The highest BCUT2D eigenvalue weighted by Crippen LogP contribution is 2.28. The molecule has 0 saturated carbocycles. The third-order valence-corrected chi connectivity index (χ3v) is 2.92. The minimum atomic E-state index is -0.273. The third-order valence-electron chi connectivity index (χ3n) is 2.16. The van der Waals surface area contributed by atoms with Crippen molar-refractivity contribution in [3.8, 4) is 0 Å². The van der Waals surface area contributed by atoms with E-state index in [4.69, 9.17) is 34.8 Å². The van der Waals surface area contributed by atoms with Crippen LogP contribution in [0.3, 0.4) is 0 Å². The summed E-state index contributed by atoms with van der Waals surface area (Å²) in [4.78, 5) is 16.0. The topological polar surface area (TPSA) is 30.0 Å². The van der Waals surface area contributed by atoms with Gasteiger partial charge in [0.25, 0.3) is 0 Å². The zero-order chi connectivity index (χ0) is 12.4. The maximum Gasteiger partial charge on any atom is 0.197 e. The van der Waals surface area contributed by atoms with E-state index in [-0.39, 0.29) is 26.7 Å². The van der Waals surface area contributed by atoms with Crippen molar-refractivity contribution in [3.05, 3.63) is 62.9 Å². The Morgan fingerprint density at radius 3 is 2.29 bits per heavy atom. The number of carbonyl (C=O) groups excluding carboxylic acids is 1. The summed E-state index contributed by atoms with van der Waals surface area (Å²) in [7, 11) is 0. The van der Waals surface area contributed by atoms with Crippen LogP contribution in [-0.4, -0.2) is 10.8 Å². The maximum absolute atomic E-state index is 12.1. The number of benzene rings is 1. The Labute approximate surface area is 113 Å². The van der Waals surface area contributed by atoms with Crippen LogP contribution in [0.2, 0.25) is 15.3 Å². The van der Waals surface area contributed by atoms with Crippen molar-refractivity contribution in [2.24, 2.45) is 0 Å². The minimum absolute atomic E-state index is 0.0105. The standard InChI is InChI=1S/C12H6Cl3NO/c13-8-6-9(14)16-12(15)10(8)11(17)7-4-2-1-3-5-7/h1-6H. The first-order valence-corrected chi connectivity index (χ1v) is 5.84. The lowest BCUT2D eigenvalue weighted by atomic mass is 10.1. The molecular formula is C12H6Cl3NO. The number of ketones is 1. The number of aromatic nitrogens is 1. The molecule has 0 unspecified atom stereocenters. The van der Waals surface area contributed by atoms with Gasteiger partial charge in [-0.2, -0.15) is 0 Å². The van der Waals surface area contributed by atoms with E-state index in [0.29, 0.717) is 5.56 Å². The molecule has 0 N–H and O–H groups in total. The van der Waals surface area contributed by atoms with Gasteiger partial charge in [-0.15, -0.1) is 0 Å². The average Bonchev–Trinajstić information content (AvgIpc) is 2.28. The van der Waals surface area contributed by atoms with Gasteiger partial charge in [0.15, 0.2) is 5.78 Å². The van der Waals surface area contributed by atoms with Gasteiger partial charge in [0.05, 0.1) is 10.6 Å².